The van der Waals surface area contributed by atoms with Gasteiger partial charge < -0.3 is 19.5 Å². The summed E-state index contributed by atoms with van der Waals surface area (Å²) in [7, 11) is 1.56. The third-order valence-electron chi connectivity index (χ3n) is 3.17. The minimum absolute atomic E-state index is 0.0330. The van der Waals surface area contributed by atoms with Gasteiger partial charge in [-0.15, -0.1) is 0 Å². The van der Waals surface area contributed by atoms with E-state index >= 15 is 0 Å². The number of methoxy groups -OCH3 is 1. The molecule has 0 saturated heterocycles. The van der Waals surface area contributed by atoms with Crippen LogP contribution in [-0.4, -0.2) is 37.7 Å². The Labute approximate surface area is 149 Å². The molecule has 1 rings (SSSR count). The normalized spacial score (nSPS) is 12.1. The number of amides is 1. The Balaban J connectivity index is 2.68. The molecule has 0 unspecified atom stereocenters. The van der Waals surface area contributed by atoms with Crippen LogP contribution in [-0.2, 0) is 14.3 Å². The van der Waals surface area contributed by atoms with Gasteiger partial charge in [0.05, 0.1) is 13.2 Å². The molecule has 0 fully saturated rings. The highest BCUT2D eigenvalue weighted by Gasteiger charge is 2.15. The van der Waals surface area contributed by atoms with Gasteiger partial charge in [-0.05, 0) is 51.0 Å². The third-order valence-corrected chi connectivity index (χ3v) is 3.17. The van der Waals surface area contributed by atoms with E-state index in [1.807, 2.05) is 20.8 Å². The first-order valence-electron chi connectivity index (χ1n) is 8.38. The molecule has 1 aromatic rings. The van der Waals surface area contributed by atoms with Gasteiger partial charge in [0.15, 0.2) is 17.6 Å². The van der Waals surface area contributed by atoms with E-state index in [1.165, 1.54) is 13.0 Å². The Kier molecular flexibility index (Phi) is 8.53. The lowest BCUT2D eigenvalue weighted by atomic mass is 10.2. The number of benzene rings is 1. The fraction of sp³-hybridized carbons (Fsp3) is 0.474. The summed E-state index contributed by atoms with van der Waals surface area (Å²) >= 11 is 0. The Morgan fingerprint density at radius 2 is 1.92 bits per heavy atom. The van der Waals surface area contributed by atoms with E-state index in [1.54, 1.807) is 31.4 Å². The van der Waals surface area contributed by atoms with Gasteiger partial charge in [-0.25, -0.2) is 4.79 Å². The number of nitrogens with one attached hydrogen (secondary N) is 1. The predicted octanol–water partition coefficient (Wildman–Crippen LogP) is 2.95. The van der Waals surface area contributed by atoms with Gasteiger partial charge >= 0.3 is 5.97 Å². The van der Waals surface area contributed by atoms with Crippen molar-refractivity contribution in [3.63, 3.8) is 0 Å². The standard InChI is InChI=1S/C19H27NO5/c1-6-11-20-19(22)14(4)25-18(21)10-8-15-7-9-16(24-13(2)3)17(12-15)23-5/h7-10,12-14H,6,11H2,1-5H3,(H,20,22)/b10-8+/t14-/m1/s1. The second-order valence-electron chi connectivity index (χ2n) is 5.78. The highest BCUT2D eigenvalue weighted by atomic mass is 16.5. The minimum atomic E-state index is -0.833. The van der Waals surface area contributed by atoms with Gasteiger partial charge in [0.1, 0.15) is 0 Å². The Hall–Kier alpha value is -2.50. The zero-order chi connectivity index (χ0) is 18.8. The van der Waals surface area contributed by atoms with Crippen LogP contribution in [0.3, 0.4) is 0 Å². The zero-order valence-electron chi connectivity index (χ0n) is 15.5. The Bertz CT molecular complexity index is 610. The molecule has 0 aliphatic rings. The largest absolute Gasteiger partial charge is 0.493 e. The number of hydrogen-bond acceptors (Lipinski definition) is 5. The number of hydrogen-bond donors (Lipinski definition) is 1. The van der Waals surface area contributed by atoms with Crippen molar-refractivity contribution in [3.8, 4) is 11.5 Å². The first-order chi connectivity index (χ1) is 11.9. The summed E-state index contributed by atoms with van der Waals surface area (Å²) in [5.41, 5.74) is 0.757. The van der Waals surface area contributed by atoms with E-state index in [0.717, 1.165) is 12.0 Å². The summed E-state index contributed by atoms with van der Waals surface area (Å²) in [4.78, 5) is 23.5. The minimum Gasteiger partial charge on any atom is -0.493 e. The number of esters is 1. The molecule has 1 atom stereocenters. The number of carbonyl (C=O) groups is 2. The van der Waals surface area contributed by atoms with Gasteiger partial charge in [-0.1, -0.05) is 13.0 Å². The average molecular weight is 349 g/mol. The van der Waals surface area contributed by atoms with Crippen LogP contribution in [0.1, 0.15) is 39.7 Å². The highest BCUT2D eigenvalue weighted by Crippen LogP contribution is 2.29. The second kappa shape index (κ2) is 10.4. The molecule has 6 nitrogen and oxygen atoms in total. The van der Waals surface area contributed by atoms with Crippen LogP contribution in [0.2, 0.25) is 0 Å². The number of rotatable bonds is 9. The molecule has 1 amide bonds. The molecule has 138 valence electrons. The summed E-state index contributed by atoms with van der Waals surface area (Å²) in [6, 6.07) is 5.35. The summed E-state index contributed by atoms with van der Waals surface area (Å²) in [5.74, 6) is 0.330. The van der Waals surface area contributed by atoms with Crippen molar-refractivity contribution in [2.24, 2.45) is 0 Å². The second-order valence-corrected chi connectivity index (χ2v) is 5.78. The van der Waals surface area contributed by atoms with Crippen LogP contribution < -0.4 is 14.8 Å². The summed E-state index contributed by atoms with van der Waals surface area (Å²) in [6.07, 6.45) is 2.90. The monoisotopic (exact) mass is 349 g/mol. The van der Waals surface area contributed by atoms with E-state index in [-0.39, 0.29) is 12.0 Å². The molecule has 1 N–H and O–H groups in total. The van der Waals surface area contributed by atoms with Gasteiger partial charge in [-0.3, -0.25) is 4.79 Å². The Morgan fingerprint density at radius 3 is 2.52 bits per heavy atom. The lowest BCUT2D eigenvalue weighted by Crippen LogP contribution is -2.35. The van der Waals surface area contributed by atoms with Crippen molar-refractivity contribution in [2.75, 3.05) is 13.7 Å². The number of carbonyl (C=O) groups excluding carboxylic acids is 2. The van der Waals surface area contributed by atoms with E-state index in [0.29, 0.717) is 18.0 Å². The highest BCUT2D eigenvalue weighted by molar-refractivity contribution is 5.90. The van der Waals surface area contributed by atoms with Crippen LogP contribution in [0, 0.1) is 0 Å². The molecule has 0 bridgehead atoms. The quantitative estimate of drug-likeness (QED) is 0.548. The van der Waals surface area contributed by atoms with Crippen LogP contribution >= 0.6 is 0 Å². The van der Waals surface area contributed by atoms with Crippen molar-refractivity contribution in [1.82, 2.24) is 5.32 Å². The molecule has 0 heterocycles. The van der Waals surface area contributed by atoms with Gasteiger partial charge in [0.2, 0.25) is 0 Å². The maximum absolute atomic E-state index is 11.8. The molecule has 0 aliphatic heterocycles. The molecule has 0 aromatic heterocycles. The molecule has 0 radical (unpaired) electrons. The van der Waals surface area contributed by atoms with Crippen molar-refractivity contribution >= 4 is 18.0 Å². The molecular formula is C19H27NO5. The zero-order valence-corrected chi connectivity index (χ0v) is 15.5. The lowest BCUT2D eigenvalue weighted by Gasteiger charge is -2.14. The Morgan fingerprint density at radius 1 is 1.20 bits per heavy atom. The summed E-state index contributed by atoms with van der Waals surface area (Å²) in [6.45, 7) is 7.91. The fourth-order valence-electron chi connectivity index (χ4n) is 1.96. The lowest BCUT2D eigenvalue weighted by molar-refractivity contribution is -0.150. The fourth-order valence-corrected chi connectivity index (χ4v) is 1.96. The van der Waals surface area contributed by atoms with Crippen molar-refractivity contribution in [3.05, 3.63) is 29.8 Å². The average Bonchev–Trinajstić information content (AvgIpc) is 2.58. The van der Waals surface area contributed by atoms with Crippen LogP contribution in [0.5, 0.6) is 11.5 Å². The first-order valence-corrected chi connectivity index (χ1v) is 8.38. The molecule has 0 saturated carbocycles. The van der Waals surface area contributed by atoms with Crippen LogP contribution in [0.4, 0.5) is 0 Å². The van der Waals surface area contributed by atoms with Crippen molar-refractivity contribution in [1.29, 1.82) is 0 Å². The van der Waals surface area contributed by atoms with E-state index < -0.39 is 12.1 Å². The topological polar surface area (TPSA) is 73.9 Å². The number of ether oxygens (including phenoxy) is 3. The molecular weight excluding hydrogens is 322 g/mol. The SMILES string of the molecule is CCCNC(=O)[C@@H](C)OC(=O)/C=C/c1ccc(OC(C)C)c(OC)c1. The molecule has 1 aromatic carbocycles. The van der Waals surface area contributed by atoms with E-state index in [9.17, 15) is 9.59 Å². The van der Waals surface area contributed by atoms with Crippen molar-refractivity contribution in [2.45, 2.75) is 46.3 Å². The smallest absolute Gasteiger partial charge is 0.331 e. The maximum Gasteiger partial charge on any atom is 0.331 e. The first kappa shape index (κ1) is 20.5. The molecule has 0 aliphatic carbocycles. The van der Waals surface area contributed by atoms with E-state index in [2.05, 4.69) is 5.32 Å². The third kappa shape index (κ3) is 7.28. The maximum atomic E-state index is 11.8. The van der Waals surface area contributed by atoms with Crippen molar-refractivity contribution < 1.29 is 23.8 Å². The van der Waals surface area contributed by atoms with Gasteiger partial charge in [-0.2, -0.15) is 0 Å². The van der Waals surface area contributed by atoms with Crippen LogP contribution in [0.15, 0.2) is 24.3 Å². The molecule has 0 spiro atoms. The predicted molar refractivity (Wildman–Crippen MR) is 96.6 cm³/mol. The summed E-state index contributed by atoms with van der Waals surface area (Å²) < 4.78 is 16.0. The van der Waals surface area contributed by atoms with Gasteiger partial charge in [0.25, 0.3) is 5.91 Å². The van der Waals surface area contributed by atoms with E-state index in [4.69, 9.17) is 14.2 Å². The van der Waals surface area contributed by atoms with Crippen LogP contribution in [0.25, 0.3) is 6.08 Å². The van der Waals surface area contributed by atoms with Gasteiger partial charge in [0, 0.05) is 12.6 Å². The molecule has 6 heteroatoms. The molecule has 25 heavy (non-hydrogen) atoms. The summed E-state index contributed by atoms with van der Waals surface area (Å²) in [5, 5.41) is 2.68.